The van der Waals surface area contributed by atoms with Crippen molar-refractivity contribution in [2.45, 2.75) is 45.7 Å². The highest BCUT2D eigenvalue weighted by Crippen LogP contribution is 2.06. The van der Waals surface area contributed by atoms with Crippen LogP contribution in [0.4, 0.5) is 0 Å². The number of rotatable bonds is 6. The molecule has 2 unspecified atom stereocenters. The van der Waals surface area contributed by atoms with Gasteiger partial charge in [-0.2, -0.15) is 0 Å². The summed E-state index contributed by atoms with van der Waals surface area (Å²) in [5, 5.41) is 8.59. The van der Waals surface area contributed by atoms with Crippen molar-refractivity contribution in [2.75, 3.05) is 0 Å². The van der Waals surface area contributed by atoms with Gasteiger partial charge in [0.05, 0.1) is 6.04 Å². The van der Waals surface area contributed by atoms with Crippen LogP contribution >= 0.6 is 0 Å². The van der Waals surface area contributed by atoms with Crippen LogP contribution in [0.5, 0.6) is 0 Å². The number of carboxylic acid groups (broad SMARTS) is 1. The smallest absolute Gasteiger partial charge is 0.320 e. The number of nitrogens with two attached hydrogens (primary N) is 2. The first kappa shape index (κ1) is 23.4. The van der Waals surface area contributed by atoms with Crippen molar-refractivity contribution in [3.05, 3.63) is 65.5 Å². The highest BCUT2D eigenvalue weighted by atomic mass is 16.4. The van der Waals surface area contributed by atoms with E-state index in [9.17, 15) is 9.59 Å². The Bertz CT molecular complexity index is 648. The lowest BCUT2D eigenvalue weighted by atomic mass is 10.0. The van der Waals surface area contributed by atoms with Crippen molar-refractivity contribution < 1.29 is 14.7 Å². The van der Waals surface area contributed by atoms with E-state index in [4.69, 9.17) is 16.6 Å². The lowest BCUT2D eigenvalue weighted by Crippen LogP contribution is -2.32. The number of benzene rings is 1. The minimum atomic E-state index is -0.957. The maximum absolute atomic E-state index is 10.5. The first-order valence-electron chi connectivity index (χ1n) is 8.56. The van der Waals surface area contributed by atoms with E-state index >= 15 is 0 Å². The highest BCUT2D eigenvalue weighted by Gasteiger charge is 2.11. The summed E-state index contributed by atoms with van der Waals surface area (Å²) in [5.74, 6) is -0.957. The van der Waals surface area contributed by atoms with E-state index in [1.165, 1.54) is 0 Å². The molecule has 0 aliphatic rings. The fraction of sp³-hybridized carbons (Fsp3) is 0.350. The molecule has 0 aliphatic heterocycles. The lowest BCUT2D eigenvalue weighted by Gasteiger charge is -2.06. The zero-order valence-corrected chi connectivity index (χ0v) is 15.6. The standard InChI is InChI=1S/C10H13NO2.C8H10N2O.C2H6/c1-7-3-2-4-8(5-7)6-9(11)10(12)13;9-8(6-11)4-7-2-1-3-10-5-7;1-2/h2-5,9H,6,11H2,1H3,(H,12,13);1-3,5-6,8H,4,9H2;1-2H3. The molecular weight excluding hydrogens is 330 g/mol. The third kappa shape index (κ3) is 10.3. The topological polar surface area (TPSA) is 119 Å². The summed E-state index contributed by atoms with van der Waals surface area (Å²) in [6.07, 6.45) is 5.10. The Kier molecular flexibility index (Phi) is 12.3. The molecule has 1 aromatic heterocycles. The average molecular weight is 359 g/mol. The summed E-state index contributed by atoms with van der Waals surface area (Å²) in [5.41, 5.74) is 13.9. The number of nitrogens with zero attached hydrogens (tertiary/aromatic N) is 1. The Morgan fingerprint density at radius 3 is 2.31 bits per heavy atom. The predicted octanol–water partition coefficient (Wildman–Crippen LogP) is 2.13. The van der Waals surface area contributed by atoms with Crippen molar-refractivity contribution >= 4 is 12.3 Å². The van der Waals surface area contributed by atoms with Gasteiger partial charge < -0.3 is 21.4 Å². The molecule has 6 nitrogen and oxygen atoms in total. The molecule has 1 heterocycles. The maximum atomic E-state index is 10.5. The second-order valence-corrected chi connectivity index (χ2v) is 5.50. The number of aryl methyl sites for hydroxylation is 1. The van der Waals surface area contributed by atoms with Gasteiger partial charge in [-0.15, -0.1) is 0 Å². The molecule has 5 N–H and O–H groups in total. The van der Waals surface area contributed by atoms with E-state index in [1.54, 1.807) is 12.4 Å². The number of aromatic nitrogens is 1. The summed E-state index contributed by atoms with van der Waals surface area (Å²) >= 11 is 0. The predicted molar refractivity (Wildman–Crippen MR) is 104 cm³/mol. The largest absolute Gasteiger partial charge is 0.480 e. The van der Waals surface area contributed by atoms with Crippen molar-refractivity contribution in [3.8, 4) is 0 Å². The molecular formula is C20H29N3O3. The second kappa shape index (κ2) is 13.7. The van der Waals surface area contributed by atoms with Gasteiger partial charge in [-0.3, -0.25) is 9.78 Å². The van der Waals surface area contributed by atoms with Gasteiger partial charge in [0, 0.05) is 12.4 Å². The Labute approximate surface area is 155 Å². The van der Waals surface area contributed by atoms with Gasteiger partial charge >= 0.3 is 5.97 Å². The number of carbonyl (C=O) groups excluding carboxylic acids is 1. The molecule has 2 rings (SSSR count). The van der Waals surface area contributed by atoms with Crippen molar-refractivity contribution in [2.24, 2.45) is 11.5 Å². The molecule has 26 heavy (non-hydrogen) atoms. The summed E-state index contributed by atoms with van der Waals surface area (Å²) < 4.78 is 0. The first-order chi connectivity index (χ1) is 12.4. The molecule has 6 heteroatoms. The Morgan fingerprint density at radius 1 is 1.15 bits per heavy atom. The molecule has 0 fully saturated rings. The average Bonchev–Trinajstić information content (AvgIpc) is 2.64. The number of pyridine rings is 1. The lowest BCUT2D eigenvalue weighted by molar-refractivity contribution is -0.138. The van der Waals surface area contributed by atoms with Gasteiger partial charge in [-0.05, 0) is 37.0 Å². The van der Waals surface area contributed by atoms with Gasteiger partial charge in [0.1, 0.15) is 12.3 Å². The molecule has 0 saturated carbocycles. The molecule has 0 bridgehead atoms. The molecule has 0 amide bonds. The van der Waals surface area contributed by atoms with E-state index in [-0.39, 0.29) is 0 Å². The van der Waals surface area contributed by atoms with Gasteiger partial charge in [-0.1, -0.05) is 49.7 Å². The van der Waals surface area contributed by atoms with Crippen molar-refractivity contribution in [1.29, 1.82) is 0 Å². The van der Waals surface area contributed by atoms with Crippen LogP contribution in [0.1, 0.15) is 30.5 Å². The summed E-state index contributed by atoms with van der Waals surface area (Å²) in [6, 6.07) is 10.2. The number of carboxylic acids is 1. The highest BCUT2D eigenvalue weighted by molar-refractivity contribution is 5.73. The fourth-order valence-electron chi connectivity index (χ4n) is 2.02. The number of hydrogen-bond donors (Lipinski definition) is 3. The molecule has 0 aliphatic carbocycles. The van der Waals surface area contributed by atoms with Crippen LogP contribution in [0.15, 0.2) is 48.8 Å². The SMILES string of the molecule is CC.Cc1cccc(CC(N)C(=O)O)c1.NC(C=O)Cc1cccnc1. The molecule has 0 spiro atoms. The normalized spacial score (nSPS) is 11.7. The van der Waals surface area contributed by atoms with E-state index in [0.29, 0.717) is 12.8 Å². The van der Waals surface area contributed by atoms with Crippen LogP contribution in [0.2, 0.25) is 0 Å². The summed E-state index contributed by atoms with van der Waals surface area (Å²) in [6.45, 7) is 5.97. The van der Waals surface area contributed by atoms with Crippen LogP contribution < -0.4 is 11.5 Å². The molecule has 142 valence electrons. The monoisotopic (exact) mass is 359 g/mol. The first-order valence-corrected chi connectivity index (χ1v) is 8.56. The van der Waals surface area contributed by atoms with Gasteiger partial charge in [0.15, 0.2) is 0 Å². The number of carbonyl (C=O) groups is 2. The zero-order chi connectivity index (χ0) is 19.9. The van der Waals surface area contributed by atoms with E-state index in [1.807, 2.05) is 57.2 Å². The second-order valence-electron chi connectivity index (χ2n) is 5.50. The van der Waals surface area contributed by atoms with Crippen LogP contribution in [0.25, 0.3) is 0 Å². The molecule has 2 aromatic rings. The van der Waals surface area contributed by atoms with Crippen LogP contribution in [0.3, 0.4) is 0 Å². The fourth-order valence-corrected chi connectivity index (χ4v) is 2.02. The number of hydrogen-bond acceptors (Lipinski definition) is 5. The van der Waals surface area contributed by atoms with Gasteiger partial charge in [0.25, 0.3) is 0 Å². The third-order valence-electron chi connectivity index (χ3n) is 3.22. The Hall–Kier alpha value is -2.57. The summed E-state index contributed by atoms with van der Waals surface area (Å²) in [4.78, 5) is 24.5. The van der Waals surface area contributed by atoms with Crippen molar-refractivity contribution in [3.63, 3.8) is 0 Å². The molecule has 0 radical (unpaired) electrons. The van der Waals surface area contributed by atoms with E-state index < -0.39 is 18.1 Å². The zero-order valence-electron chi connectivity index (χ0n) is 15.6. The maximum Gasteiger partial charge on any atom is 0.320 e. The molecule has 2 atom stereocenters. The third-order valence-corrected chi connectivity index (χ3v) is 3.22. The van der Waals surface area contributed by atoms with Crippen LogP contribution in [0, 0.1) is 6.92 Å². The number of aldehydes is 1. The Morgan fingerprint density at radius 2 is 1.81 bits per heavy atom. The van der Waals surface area contributed by atoms with E-state index in [2.05, 4.69) is 4.98 Å². The minimum absolute atomic E-state index is 0.386. The van der Waals surface area contributed by atoms with Crippen LogP contribution in [-0.2, 0) is 22.4 Å². The minimum Gasteiger partial charge on any atom is -0.480 e. The number of aliphatic carboxylic acids is 1. The van der Waals surface area contributed by atoms with Gasteiger partial charge in [-0.25, -0.2) is 0 Å². The van der Waals surface area contributed by atoms with E-state index in [0.717, 1.165) is 23.0 Å². The quantitative estimate of drug-likeness (QED) is 0.680. The Balaban J connectivity index is 0.000000444. The van der Waals surface area contributed by atoms with Crippen molar-refractivity contribution in [1.82, 2.24) is 4.98 Å². The van der Waals surface area contributed by atoms with Crippen LogP contribution in [-0.4, -0.2) is 34.4 Å². The summed E-state index contributed by atoms with van der Waals surface area (Å²) in [7, 11) is 0. The molecule has 1 aromatic carbocycles. The van der Waals surface area contributed by atoms with Gasteiger partial charge in [0.2, 0.25) is 0 Å². The molecule has 0 saturated heterocycles.